The van der Waals surface area contributed by atoms with E-state index in [1.807, 2.05) is 97.9 Å². The van der Waals surface area contributed by atoms with Crippen LogP contribution in [0.4, 0.5) is 45.5 Å². The van der Waals surface area contributed by atoms with Crippen molar-refractivity contribution in [2.45, 2.75) is 253 Å². The normalized spacial score (nSPS) is 10.3. The molecule has 0 saturated heterocycles. The Kier molecular flexibility index (Phi) is 56.0. The van der Waals surface area contributed by atoms with E-state index in [-0.39, 0.29) is 46.6 Å². The van der Waals surface area contributed by atoms with Crippen LogP contribution in [0.2, 0.25) is 0 Å². The lowest BCUT2D eigenvalue weighted by molar-refractivity contribution is -0.117. The third-order valence-corrected chi connectivity index (χ3v) is 18.8. The smallest absolute Gasteiger partial charge is 0.224 e. The number of nitrogen functional groups attached to an aromatic ring is 1. The number of ether oxygens (including phenoxy) is 2. The first-order valence-electron chi connectivity index (χ1n) is 42.9. The Morgan fingerprint density at radius 1 is 0.308 bits per heavy atom. The van der Waals surface area contributed by atoms with E-state index >= 15 is 0 Å². The molecule has 18 nitrogen and oxygen atoms in total. The number of unbranched alkanes of at least 4 members (excludes halogenated alkanes) is 23. The molecule has 0 heterocycles. The molecule has 18 heteroatoms. The summed E-state index contributed by atoms with van der Waals surface area (Å²) in [6, 6.07) is 63.0. The Balaban J connectivity index is 0.000000359. The summed E-state index contributed by atoms with van der Waals surface area (Å²) in [5.41, 5.74) is 12.5. The summed E-state index contributed by atoms with van der Waals surface area (Å²) in [5.74, 6) is 3.81. The zero-order valence-electron chi connectivity index (χ0n) is 71.6. The van der Waals surface area contributed by atoms with E-state index in [1.54, 1.807) is 123 Å². The number of carbonyl (C=O) groups excluding carboxylic acids is 4. The van der Waals surface area contributed by atoms with Gasteiger partial charge < -0.3 is 72.6 Å². The highest BCUT2D eigenvalue weighted by Crippen LogP contribution is 2.25. The Hall–Kier alpha value is -10.9. The number of amides is 4. The number of nitrogens with two attached hydrogens (primary N) is 1. The number of rotatable bonds is 44. The fourth-order valence-electron chi connectivity index (χ4n) is 11.9. The van der Waals surface area contributed by atoms with Gasteiger partial charge in [-0.25, -0.2) is 0 Å². The summed E-state index contributed by atoms with van der Waals surface area (Å²) in [4.78, 5) is 46.3. The summed E-state index contributed by atoms with van der Waals surface area (Å²) in [7, 11) is 3.32. The summed E-state index contributed by atoms with van der Waals surface area (Å²) in [6.45, 7) is 14.1. The van der Waals surface area contributed by atoms with E-state index in [0.29, 0.717) is 31.4 Å². The fourth-order valence-corrected chi connectivity index (χ4v) is 11.9. The van der Waals surface area contributed by atoms with Gasteiger partial charge in [-0.1, -0.05) is 226 Å². The number of hydrogen-bond donors (Lipinski definition) is 12. The molecular formula is C99H141N7O11. The zero-order valence-corrected chi connectivity index (χ0v) is 71.6. The Bertz CT molecular complexity index is 3930. The van der Waals surface area contributed by atoms with Crippen molar-refractivity contribution in [3.05, 3.63) is 212 Å². The molecule has 0 radical (unpaired) electrons. The van der Waals surface area contributed by atoms with Gasteiger partial charge in [0, 0.05) is 77.7 Å². The molecule has 0 aliphatic rings. The maximum absolute atomic E-state index is 11.9. The van der Waals surface area contributed by atoms with E-state index in [4.69, 9.17) is 35.6 Å². The van der Waals surface area contributed by atoms with Crippen LogP contribution in [-0.2, 0) is 19.2 Å². The van der Waals surface area contributed by atoms with Crippen LogP contribution in [0.1, 0.15) is 253 Å². The predicted molar refractivity (Wildman–Crippen MR) is 491 cm³/mol. The standard InChI is InChI=1S/C24H41NO2.C16H25NO2.C15H23NO2.C14H15NO2.C10H13NO2.C10H15NO.C10H9N/c1-2-3-4-5-6-7-8-9-10-11-12-13-14-15-16-17-24(27)25-22-18-20-23(26)21-19-22;1-13(2)7-5-3-4-6-8-16(19)17-14-9-11-15(18)12-10-14;1-2-3-4-5-6-7-8-15(18)16-13-9-11-14(17)12-10-13;1-16-13-7-3-11(4-8-13)15-12-5-9-14(17-2)10-6-12;1-2-3-10(13)11-8-4-6-9(12)7-5-8;1-2-3-8-11-9-4-6-10(12)7-5-9;11-10-6-5-8-3-1-2-4-9(8)7-10/h18-21,26H,2-17H2,1H3,(H,25,27);9-13,18H,3-8H2,1-2H3,(H,17,19);9-12,17H,2-8H2,1H3,(H,16,18);3-10,15H,1-2H3;4-7,12H,2-3H2,1H3,(H,11,13);4-7,11-12H,2-3,8H2,1H3;1-7H,11H2. The largest absolute Gasteiger partial charge is 0.508 e. The lowest BCUT2D eigenvalue weighted by atomic mass is 10.0. The minimum absolute atomic E-state index is 0.00758. The van der Waals surface area contributed by atoms with Gasteiger partial charge in [-0.3, -0.25) is 19.2 Å². The quantitative estimate of drug-likeness (QED) is 0.00961. The molecule has 4 amide bonds. The third-order valence-electron chi connectivity index (χ3n) is 18.8. The van der Waals surface area contributed by atoms with E-state index < -0.39 is 0 Å². The first kappa shape index (κ1) is 100. The molecule has 0 atom stereocenters. The van der Waals surface area contributed by atoms with Crippen LogP contribution in [0.3, 0.4) is 0 Å². The van der Waals surface area contributed by atoms with E-state index in [1.165, 1.54) is 152 Å². The van der Waals surface area contributed by atoms with Crippen LogP contribution in [0.25, 0.3) is 10.8 Å². The van der Waals surface area contributed by atoms with Crippen molar-refractivity contribution in [1.29, 1.82) is 0 Å². The van der Waals surface area contributed by atoms with Gasteiger partial charge in [-0.2, -0.15) is 0 Å². The molecule has 0 saturated carbocycles. The molecule has 9 aromatic rings. The number of carbonyl (C=O) groups is 4. The van der Waals surface area contributed by atoms with Crippen molar-refractivity contribution in [3.63, 3.8) is 0 Å². The molecule has 9 rings (SSSR count). The first-order valence-corrected chi connectivity index (χ1v) is 42.9. The lowest BCUT2D eigenvalue weighted by Gasteiger charge is -2.08. The number of methoxy groups -OCH3 is 2. The topological polar surface area (TPSA) is 286 Å². The number of fused-ring (bicyclic) bond motifs is 1. The first-order chi connectivity index (χ1) is 56.7. The van der Waals surface area contributed by atoms with Crippen molar-refractivity contribution in [2.75, 3.05) is 58.4 Å². The minimum Gasteiger partial charge on any atom is -0.508 e. The van der Waals surface area contributed by atoms with Crippen molar-refractivity contribution in [1.82, 2.24) is 0 Å². The predicted octanol–water partition coefficient (Wildman–Crippen LogP) is 26.6. The second kappa shape index (κ2) is 65.3. The molecule has 13 N–H and O–H groups in total. The molecule has 0 aromatic heterocycles. The number of anilines is 8. The summed E-state index contributed by atoms with van der Waals surface area (Å²) < 4.78 is 10.2. The van der Waals surface area contributed by atoms with Gasteiger partial charge in [0.15, 0.2) is 0 Å². The number of benzene rings is 9. The summed E-state index contributed by atoms with van der Waals surface area (Å²) >= 11 is 0. The van der Waals surface area contributed by atoms with E-state index in [0.717, 1.165) is 114 Å². The van der Waals surface area contributed by atoms with Crippen molar-refractivity contribution in [3.8, 4) is 40.2 Å². The number of phenols is 5. The molecule has 0 aliphatic carbocycles. The van der Waals surface area contributed by atoms with Gasteiger partial charge in [0.1, 0.15) is 40.2 Å². The van der Waals surface area contributed by atoms with Crippen molar-refractivity contribution in [2.24, 2.45) is 5.92 Å². The molecule has 638 valence electrons. The van der Waals surface area contributed by atoms with Crippen LogP contribution in [-0.4, -0.2) is 69.9 Å². The Morgan fingerprint density at radius 2 is 0.590 bits per heavy atom. The highest BCUT2D eigenvalue weighted by atomic mass is 16.5. The van der Waals surface area contributed by atoms with Crippen molar-refractivity contribution < 1.29 is 54.2 Å². The van der Waals surface area contributed by atoms with Gasteiger partial charge in [0.25, 0.3) is 0 Å². The van der Waals surface area contributed by atoms with E-state index in [9.17, 15) is 24.3 Å². The van der Waals surface area contributed by atoms with Crippen molar-refractivity contribution >= 4 is 79.9 Å². The van der Waals surface area contributed by atoms with Gasteiger partial charge in [0.2, 0.25) is 23.6 Å². The van der Waals surface area contributed by atoms with Crippen LogP contribution >= 0.6 is 0 Å². The zero-order chi connectivity index (χ0) is 85.1. The summed E-state index contributed by atoms with van der Waals surface area (Å²) in [6.07, 6.45) is 38.5. The molecule has 9 aromatic carbocycles. The number of phenolic OH excluding ortho intramolecular Hbond substituents is 5. The van der Waals surface area contributed by atoms with Gasteiger partial charge in [-0.05, 0) is 231 Å². The lowest BCUT2D eigenvalue weighted by Crippen LogP contribution is -2.10. The Morgan fingerprint density at radius 3 is 0.897 bits per heavy atom. The monoisotopic (exact) mass is 1600 g/mol. The second-order valence-corrected chi connectivity index (χ2v) is 29.7. The fraction of sp³-hybridized carbons (Fsp3) is 0.434. The van der Waals surface area contributed by atoms with Gasteiger partial charge >= 0.3 is 0 Å². The summed E-state index contributed by atoms with van der Waals surface area (Å²) in [5, 5.41) is 65.7. The highest BCUT2D eigenvalue weighted by molar-refractivity contribution is 5.92. The molecular weight excluding hydrogens is 1460 g/mol. The van der Waals surface area contributed by atoms with Crippen LogP contribution in [0.15, 0.2) is 212 Å². The average molecular weight is 1610 g/mol. The maximum atomic E-state index is 11.9. The molecule has 117 heavy (non-hydrogen) atoms. The average Bonchev–Trinajstić information content (AvgIpc) is 0.840. The second-order valence-electron chi connectivity index (χ2n) is 29.7. The molecule has 0 bridgehead atoms. The van der Waals surface area contributed by atoms with Crippen LogP contribution in [0.5, 0.6) is 40.2 Å². The van der Waals surface area contributed by atoms with Gasteiger partial charge in [-0.15, -0.1) is 0 Å². The molecule has 0 fully saturated rings. The molecule has 0 aliphatic heterocycles. The number of hydrogen-bond acceptors (Lipinski definition) is 14. The Labute approximate surface area is 700 Å². The minimum atomic E-state index is 0.00758. The van der Waals surface area contributed by atoms with Crippen LogP contribution in [0, 0.1) is 5.92 Å². The third kappa shape index (κ3) is 53.1. The number of nitrogens with one attached hydrogen (secondary N) is 6. The van der Waals surface area contributed by atoms with Gasteiger partial charge in [0.05, 0.1) is 14.2 Å². The maximum Gasteiger partial charge on any atom is 0.224 e. The number of aromatic hydroxyl groups is 5. The molecule has 0 spiro atoms. The van der Waals surface area contributed by atoms with Crippen LogP contribution < -0.4 is 47.1 Å². The molecule has 0 unspecified atom stereocenters. The van der Waals surface area contributed by atoms with E-state index in [2.05, 4.69) is 78.7 Å². The highest BCUT2D eigenvalue weighted by Gasteiger charge is 2.08. The SMILES string of the molecule is CC(C)CCCCCCC(=O)Nc1ccc(O)cc1.CCCC(=O)Nc1ccc(O)cc1.CCCCCCCCC(=O)Nc1ccc(O)cc1.CCCCCCCCCCCCCCCCCC(=O)Nc1ccc(O)cc1.CCCCNc1ccc(O)cc1.COc1ccc(Nc2ccc(OC)cc2)cc1.Nc1ccc2ccccc2c1.